The molecule has 0 amide bonds. The molecule has 0 aliphatic heterocycles. The van der Waals surface area contributed by atoms with Gasteiger partial charge in [-0.25, -0.2) is 4.79 Å². The first-order chi connectivity index (χ1) is 8.49. The van der Waals surface area contributed by atoms with E-state index in [9.17, 15) is 9.90 Å². The maximum atomic E-state index is 11.8. The van der Waals surface area contributed by atoms with E-state index in [1.54, 1.807) is 0 Å². The molecule has 1 heterocycles. The molecule has 1 aromatic heterocycles. The fourth-order valence-corrected chi connectivity index (χ4v) is 1.59. The predicted octanol–water partition coefficient (Wildman–Crippen LogP) is 0.538. The summed E-state index contributed by atoms with van der Waals surface area (Å²) in [7, 11) is 1.46. The van der Waals surface area contributed by atoms with E-state index in [0.717, 1.165) is 4.68 Å². The number of aliphatic imine (C=N–C) groups is 1. The highest BCUT2D eigenvalue weighted by molar-refractivity contribution is 6.42. The van der Waals surface area contributed by atoms with Crippen molar-refractivity contribution in [1.82, 2.24) is 5.27 Å². The van der Waals surface area contributed by atoms with Crippen LogP contribution < -0.4 is 15.4 Å². The summed E-state index contributed by atoms with van der Waals surface area (Å²) < 4.78 is 5.60. The number of nitrogens with zero attached hydrogens (tertiary/aromatic N) is 2. The number of aryl methyl sites for hydroxylation is 1. The third kappa shape index (κ3) is 2.39. The molecule has 8 heteroatoms. The van der Waals surface area contributed by atoms with Crippen LogP contribution in [-0.2, 0) is 7.05 Å². The molecule has 2 aromatic rings. The molecule has 0 unspecified atom stereocenters. The maximum Gasteiger partial charge on any atom is 0.435 e. The molecule has 94 valence electrons. The number of nitrogens with one attached hydrogen (secondary N) is 1. The largest absolute Gasteiger partial charge is 0.854 e. The van der Waals surface area contributed by atoms with E-state index in [-0.39, 0.29) is 10.7 Å². The minimum atomic E-state index is -0.786. The van der Waals surface area contributed by atoms with E-state index in [4.69, 9.17) is 23.2 Å². The van der Waals surface area contributed by atoms with Crippen molar-refractivity contribution >= 4 is 34.8 Å². The minimum absolute atomic E-state index is 0.207. The van der Waals surface area contributed by atoms with Gasteiger partial charge in [-0.1, -0.05) is 27.9 Å². The molecule has 1 N–H and O–H groups in total. The van der Waals surface area contributed by atoms with Gasteiger partial charge in [0.05, 0.1) is 21.6 Å². The van der Waals surface area contributed by atoms with Gasteiger partial charge in [-0.3, -0.25) is 9.52 Å². The number of hydrogen-bond donors (Lipinski definition) is 1. The molecule has 0 saturated carbocycles. The SMILES string of the molecule is C[n+]1[nH]oc(=O)c1C([O-])=Nc1ccc(Cl)c(Cl)c1. The second-order valence-electron chi connectivity index (χ2n) is 3.40. The maximum absolute atomic E-state index is 11.8. The van der Waals surface area contributed by atoms with Gasteiger partial charge in [0.25, 0.3) is 0 Å². The van der Waals surface area contributed by atoms with E-state index in [0.29, 0.717) is 10.7 Å². The Kier molecular flexibility index (Phi) is 3.40. The van der Waals surface area contributed by atoms with Crippen molar-refractivity contribution in [1.29, 1.82) is 0 Å². The van der Waals surface area contributed by atoms with Gasteiger partial charge in [-0.15, -0.1) is 0 Å². The van der Waals surface area contributed by atoms with Crippen molar-refractivity contribution in [3.63, 3.8) is 0 Å². The van der Waals surface area contributed by atoms with Gasteiger partial charge in [0, 0.05) is 0 Å². The zero-order valence-corrected chi connectivity index (χ0v) is 10.6. The van der Waals surface area contributed by atoms with Gasteiger partial charge >= 0.3 is 11.3 Å². The highest BCUT2D eigenvalue weighted by Crippen LogP contribution is 2.26. The monoisotopic (exact) mass is 287 g/mol. The topological polar surface area (TPSA) is 85.3 Å². The first kappa shape index (κ1) is 12.7. The lowest BCUT2D eigenvalue weighted by molar-refractivity contribution is -0.742. The summed E-state index contributed by atoms with van der Waals surface area (Å²) in [6.45, 7) is 0. The minimum Gasteiger partial charge on any atom is -0.854 e. The second kappa shape index (κ2) is 4.83. The summed E-state index contributed by atoms with van der Waals surface area (Å²) >= 11 is 11.5. The van der Waals surface area contributed by atoms with E-state index in [1.165, 1.54) is 25.2 Å². The smallest absolute Gasteiger partial charge is 0.435 e. The molecule has 0 saturated heterocycles. The number of benzene rings is 1. The average Bonchev–Trinajstić information content (AvgIpc) is 2.64. The van der Waals surface area contributed by atoms with Crippen molar-refractivity contribution in [3.8, 4) is 0 Å². The van der Waals surface area contributed by atoms with Crippen LogP contribution in [0.4, 0.5) is 5.69 Å². The molecule has 0 aliphatic carbocycles. The first-order valence-corrected chi connectivity index (χ1v) is 5.53. The number of rotatable bonds is 2. The summed E-state index contributed by atoms with van der Waals surface area (Å²) in [5.41, 5.74) is -0.692. The average molecular weight is 288 g/mol. The van der Waals surface area contributed by atoms with Gasteiger partial charge < -0.3 is 5.11 Å². The number of aromatic nitrogens is 2. The zero-order chi connectivity index (χ0) is 13.3. The lowest BCUT2D eigenvalue weighted by Crippen LogP contribution is -2.43. The van der Waals surface area contributed by atoms with E-state index in [2.05, 4.69) is 14.8 Å². The van der Waals surface area contributed by atoms with Crippen LogP contribution in [0.2, 0.25) is 10.0 Å². The Hall–Kier alpha value is -1.79. The number of hydrogen-bond acceptors (Lipinski definition) is 4. The molecule has 2 rings (SSSR count). The molecule has 6 nitrogen and oxygen atoms in total. The number of aromatic amines is 1. The lowest BCUT2D eigenvalue weighted by Gasteiger charge is -2.04. The van der Waals surface area contributed by atoms with Crippen molar-refractivity contribution in [3.05, 3.63) is 44.4 Å². The highest BCUT2D eigenvalue weighted by Gasteiger charge is 2.17. The summed E-state index contributed by atoms with van der Waals surface area (Å²) in [4.78, 5) is 15.0. The Labute approximate surface area is 111 Å². The van der Waals surface area contributed by atoms with Crippen molar-refractivity contribution in [2.75, 3.05) is 0 Å². The second-order valence-corrected chi connectivity index (χ2v) is 4.22. The Morgan fingerprint density at radius 1 is 1.44 bits per heavy atom. The molecule has 0 radical (unpaired) electrons. The number of H-pyrrole nitrogens is 1. The molecule has 0 spiro atoms. The van der Waals surface area contributed by atoms with E-state index < -0.39 is 11.5 Å². The van der Waals surface area contributed by atoms with Gasteiger partial charge in [0.2, 0.25) is 0 Å². The molecule has 0 atom stereocenters. The van der Waals surface area contributed by atoms with Gasteiger partial charge in [-0.2, -0.15) is 0 Å². The van der Waals surface area contributed by atoms with Crippen LogP contribution in [0.3, 0.4) is 0 Å². The Balaban J connectivity index is 2.45. The summed E-state index contributed by atoms with van der Waals surface area (Å²) in [6.07, 6.45) is 0. The number of halogens is 2. The lowest BCUT2D eigenvalue weighted by atomic mass is 10.3. The van der Waals surface area contributed by atoms with E-state index in [1.807, 2.05) is 0 Å². The quantitative estimate of drug-likeness (QED) is 0.497. The van der Waals surface area contributed by atoms with Gasteiger partial charge in [-0.05, 0) is 23.5 Å². The zero-order valence-electron chi connectivity index (χ0n) is 9.11. The molecule has 0 bridgehead atoms. The fourth-order valence-electron chi connectivity index (χ4n) is 1.30. The van der Waals surface area contributed by atoms with Crippen LogP contribution in [0.25, 0.3) is 0 Å². The van der Waals surface area contributed by atoms with Crippen molar-refractivity contribution in [2.45, 2.75) is 0 Å². The molecule has 18 heavy (non-hydrogen) atoms. The molecular weight excluding hydrogens is 281 g/mol. The van der Waals surface area contributed by atoms with Crippen LogP contribution in [0.5, 0.6) is 0 Å². The van der Waals surface area contributed by atoms with Crippen LogP contribution >= 0.6 is 23.2 Å². The third-order valence-corrected chi connectivity index (χ3v) is 2.88. The summed E-state index contributed by atoms with van der Waals surface area (Å²) in [6, 6.07) is 4.45. The molecule has 0 fully saturated rings. The van der Waals surface area contributed by atoms with E-state index >= 15 is 0 Å². The Morgan fingerprint density at radius 2 is 2.17 bits per heavy atom. The first-order valence-electron chi connectivity index (χ1n) is 4.77. The normalized spacial score (nSPS) is 11.8. The van der Waals surface area contributed by atoms with Crippen LogP contribution in [0, 0.1) is 0 Å². The summed E-state index contributed by atoms with van der Waals surface area (Å²) in [5.74, 6) is -0.731. The van der Waals surface area contributed by atoms with Crippen molar-refractivity contribution in [2.24, 2.45) is 12.0 Å². The highest BCUT2D eigenvalue weighted by atomic mass is 35.5. The fraction of sp³-hybridized carbons (Fsp3) is 0.100. The Morgan fingerprint density at radius 3 is 2.72 bits per heavy atom. The molecular formula is C10H7Cl2N3O3. The standard InChI is InChI=1S/C10H7Cl2N3O3/c1-15-8(10(17)18-14-15)9(16)13-5-2-3-6(11)7(12)4-5/h2-4H,1H3,(H-,13,14,16,17). The summed E-state index contributed by atoms with van der Waals surface area (Å²) in [5, 5.41) is 14.6. The van der Waals surface area contributed by atoms with Crippen LogP contribution in [-0.4, -0.2) is 11.2 Å². The predicted molar refractivity (Wildman–Crippen MR) is 63.2 cm³/mol. The van der Waals surface area contributed by atoms with Gasteiger partial charge in [0.1, 0.15) is 0 Å². The third-order valence-electron chi connectivity index (χ3n) is 2.14. The van der Waals surface area contributed by atoms with Crippen molar-refractivity contribution < 1.29 is 14.3 Å². The van der Waals surface area contributed by atoms with Crippen LogP contribution in [0.15, 0.2) is 32.5 Å². The molecule has 0 aliphatic rings. The van der Waals surface area contributed by atoms with Gasteiger partial charge in [0.15, 0.2) is 7.05 Å². The molecule has 1 aromatic carbocycles. The van der Waals surface area contributed by atoms with Crippen LogP contribution in [0.1, 0.15) is 5.69 Å². The Bertz CT molecular complexity index is 675.